The van der Waals surface area contributed by atoms with E-state index in [2.05, 4.69) is 29.8 Å². The van der Waals surface area contributed by atoms with Gasteiger partial charge >= 0.3 is 0 Å². The van der Waals surface area contributed by atoms with Crippen LogP contribution in [0, 0.1) is 13.8 Å². The smallest absolute Gasteiger partial charge is 0.255 e. The average Bonchev–Trinajstić information content (AvgIpc) is 3.50. The molecule has 0 spiro atoms. The van der Waals surface area contributed by atoms with Gasteiger partial charge in [-0.25, -0.2) is 0 Å². The van der Waals surface area contributed by atoms with Crippen molar-refractivity contribution >= 4 is 50.4 Å². The van der Waals surface area contributed by atoms with Crippen LogP contribution < -0.4 is 0 Å². The number of amides is 1. The molecule has 0 radical (unpaired) electrons. The van der Waals surface area contributed by atoms with E-state index in [9.17, 15) is 9.59 Å². The number of fused-ring (bicyclic) bond motifs is 3. The molecule has 2 bridgehead atoms. The van der Waals surface area contributed by atoms with E-state index in [0.29, 0.717) is 23.2 Å². The van der Waals surface area contributed by atoms with E-state index in [0.717, 1.165) is 63.2 Å². The first-order valence-electron chi connectivity index (χ1n) is 10.7. The maximum absolute atomic E-state index is 13.2. The maximum atomic E-state index is 13.2. The molecule has 2 aliphatic rings. The second-order valence-electron chi connectivity index (χ2n) is 8.81. The molecule has 0 saturated carbocycles. The van der Waals surface area contributed by atoms with E-state index in [1.807, 2.05) is 24.8 Å². The summed E-state index contributed by atoms with van der Waals surface area (Å²) in [5, 5.41) is 0.818. The summed E-state index contributed by atoms with van der Waals surface area (Å²) < 4.78 is 0. The van der Waals surface area contributed by atoms with Crippen LogP contribution in [0.3, 0.4) is 0 Å². The monoisotopic (exact) mass is 452 g/mol. The molecule has 160 valence electrons. The van der Waals surface area contributed by atoms with Crippen molar-refractivity contribution < 1.29 is 9.59 Å². The van der Waals surface area contributed by atoms with Crippen LogP contribution in [0.1, 0.15) is 52.0 Å². The summed E-state index contributed by atoms with van der Waals surface area (Å²) in [6.45, 7) is 8.23. The van der Waals surface area contributed by atoms with Crippen molar-refractivity contribution in [3.63, 3.8) is 0 Å². The molecule has 4 nitrogen and oxygen atoms in total. The number of Topliss-reactive ketones (excluding diaryl/α,β-unsaturated/α-hetero) is 1. The molecule has 2 fully saturated rings. The molecular formula is C25H25ClN2O2S. The third-order valence-electron chi connectivity index (χ3n) is 6.64. The van der Waals surface area contributed by atoms with Gasteiger partial charge in [-0.3, -0.25) is 9.59 Å². The van der Waals surface area contributed by atoms with Crippen LogP contribution >= 0.6 is 22.9 Å². The third kappa shape index (κ3) is 3.35. The van der Waals surface area contributed by atoms with Crippen LogP contribution in [-0.4, -0.2) is 39.5 Å². The molecule has 5 rings (SSSR count). The van der Waals surface area contributed by atoms with Crippen molar-refractivity contribution in [1.82, 2.24) is 9.88 Å². The van der Waals surface area contributed by atoms with Crippen LogP contribution in [0.15, 0.2) is 30.8 Å². The first kappa shape index (κ1) is 20.5. The summed E-state index contributed by atoms with van der Waals surface area (Å²) in [4.78, 5) is 33.2. The molecule has 0 atom stereocenters. The molecule has 1 amide bonds. The Bertz CT molecular complexity index is 1200. The molecule has 1 N–H and O–H groups in total. The Balaban J connectivity index is 1.56. The minimum Gasteiger partial charge on any atom is -0.346 e. The normalized spacial score (nSPS) is 20.0. The fourth-order valence-corrected chi connectivity index (χ4v) is 6.49. The zero-order chi connectivity index (χ0) is 21.9. The lowest BCUT2D eigenvalue weighted by Gasteiger charge is -2.22. The average molecular weight is 453 g/mol. The Morgan fingerprint density at radius 1 is 1.10 bits per heavy atom. The highest BCUT2D eigenvalue weighted by molar-refractivity contribution is 7.20. The Labute approximate surface area is 190 Å². The van der Waals surface area contributed by atoms with Gasteiger partial charge in [0, 0.05) is 27.9 Å². The fourth-order valence-electron chi connectivity index (χ4n) is 5.33. The highest BCUT2D eigenvalue weighted by Gasteiger charge is 2.43. The van der Waals surface area contributed by atoms with Crippen molar-refractivity contribution in [2.24, 2.45) is 0 Å². The van der Waals surface area contributed by atoms with E-state index in [4.69, 9.17) is 11.6 Å². The number of alkyl halides is 1. The number of hydrogen-bond acceptors (Lipinski definition) is 3. The van der Waals surface area contributed by atoms with Gasteiger partial charge in [-0.1, -0.05) is 23.8 Å². The second kappa shape index (κ2) is 7.64. The number of nitrogens with zero attached hydrogens (tertiary/aromatic N) is 1. The topological polar surface area (TPSA) is 53.2 Å². The number of hydrogen-bond donors (Lipinski definition) is 1. The van der Waals surface area contributed by atoms with Gasteiger partial charge < -0.3 is 9.88 Å². The second-order valence-corrected chi connectivity index (χ2v) is 10.1. The van der Waals surface area contributed by atoms with Gasteiger partial charge in [0.05, 0.1) is 17.1 Å². The molecule has 2 aliphatic heterocycles. The Kier molecular flexibility index (Phi) is 5.06. The number of carbonyl (C=O) groups excluding carboxylic acids is 2. The van der Waals surface area contributed by atoms with Gasteiger partial charge in [0.15, 0.2) is 5.78 Å². The Morgan fingerprint density at radius 2 is 1.71 bits per heavy atom. The van der Waals surface area contributed by atoms with Gasteiger partial charge in [0.2, 0.25) is 0 Å². The Morgan fingerprint density at radius 3 is 2.29 bits per heavy atom. The van der Waals surface area contributed by atoms with Crippen LogP contribution in [0.5, 0.6) is 0 Å². The Hall–Kier alpha value is -2.37. The maximum Gasteiger partial charge on any atom is 0.255 e. The quantitative estimate of drug-likeness (QED) is 0.289. The number of thiophene rings is 1. The molecule has 3 aromatic rings. The van der Waals surface area contributed by atoms with Gasteiger partial charge in [0.1, 0.15) is 4.83 Å². The predicted octanol–water partition coefficient (Wildman–Crippen LogP) is 6.10. The van der Waals surface area contributed by atoms with Gasteiger partial charge in [-0.2, -0.15) is 0 Å². The van der Waals surface area contributed by atoms with Crippen molar-refractivity contribution in [2.75, 3.05) is 5.88 Å². The van der Waals surface area contributed by atoms with E-state index < -0.39 is 0 Å². The number of aromatic amines is 1. The fraction of sp³-hybridized carbons (Fsp3) is 0.360. The lowest BCUT2D eigenvalue weighted by atomic mass is 9.99. The number of nitrogens with one attached hydrogen (secondary N) is 1. The van der Waals surface area contributed by atoms with Gasteiger partial charge in [-0.15, -0.1) is 22.9 Å². The SMILES string of the molecule is C=C(C(=O)N1C2CCC1CC2)c1cc2c(C(=O)CCl)c(-c3cc(C)cc(C)c3)[nH]c2s1. The predicted molar refractivity (Wildman–Crippen MR) is 128 cm³/mol. The molecule has 6 heteroatoms. The lowest BCUT2D eigenvalue weighted by molar-refractivity contribution is -0.126. The van der Waals surface area contributed by atoms with Crippen molar-refractivity contribution in [3.05, 3.63) is 52.4 Å². The number of aryl methyl sites for hydroxylation is 2. The summed E-state index contributed by atoms with van der Waals surface area (Å²) in [5.74, 6) is -0.179. The molecule has 4 heterocycles. The number of carbonyl (C=O) groups is 2. The van der Waals surface area contributed by atoms with Crippen molar-refractivity contribution in [3.8, 4) is 11.3 Å². The van der Waals surface area contributed by atoms with Gasteiger partial charge in [0.25, 0.3) is 5.91 Å². The van der Waals surface area contributed by atoms with E-state index in [1.54, 1.807) is 0 Å². The van der Waals surface area contributed by atoms with Gasteiger partial charge in [-0.05, 0) is 63.3 Å². The minimum atomic E-state index is -0.124. The minimum absolute atomic E-state index is 0.0358. The summed E-state index contributed by atoms with van der Waals surface area (Å²) in [5.41, 5.74) is 5.15. The summed E-state index contributed by atoms with van der Waals surface area (Å²) in [6.07, 6.45) is 4.40. The first-order valence-corrected chi connectivity index (χ1v) is 12.1. The summed E-state index contributed by atoms with van der Waals surface area (Å²) in [7, 11) is 0. The number of ketones is 1. The largest absolute Gasteiger partial charge is 0.346 e. The van der Waals surface area contributed by atoms with Crippen LogP contribution in [0.2, 0.25) is 0 Å². The van der Waals surface area contributed by atoms with Crippen molar-refractivity contribution in [1.29, 1.82) is 0 Å². The van der Waals surface area contributed by atoms with E-state index >= 15 is 0 Å². The number of benzene rings is 1. The number of aromatic nitrogens is 1. The lowest BCUT2D eigenvalue weighted by Crippen LogP contribution is -2.35. The highest BCUT2D eigenvalue weighted by atomic mass is 35.5. The van der Waals surface area contributed by atoms with Crippen LogP contribution in [0.4, 0.5) is 0 Å². The third-order valence-corrected chi connectivity index (χ3v) is 8.00. The number of halogens is 1. The molecular weight excluding hydrogens is 428 g/mol. The standard InChI is InChI=1S/C25H25ClN2O2S/c1-13-8-14(2)10-16(9-13)23-22(20(29)12-26)19-11-21(31-24(19)27-23)15(3)25(30)28-17-4-5-18(28)7-6-17/h8-11,17-18,27H,3-7,12H2,1-2H3. The molecule has 2 saturated heterocycles. The number of H-pyrrole nitrogens is 1. The molecule has 31 heavy (non-hydrogen) atoms. The molecule has 2 aromatic heterocycles. The molecule has 1 aromatic carbocycles. The van der Waals surface area contributed by atoms with Crippen LogP contribution in [-0.2, 0) is 4.79 Å². The summed E-state index contributed by atoms with van der Waals surface area (Å²) >= 11 is 7.46. The van der Waals surface area contributed by atoms with E-state index in [-0.39, 0.29) is 17.6 Å². The first-order chi connectivity index (χ1) is 14.9. The zero-order valence-electron chi connectivity index (χ0n) is 17.8. The summed E-state index contributed by atoms with van der Waals surface area (Å²) in [6, 6.07) is 8.91. The molecule has 0 unspecified atom stereocenters. The highest BCUT2D eigenvalue weighted by Crippen LogP contribution is 2.42. The zero-order valence-corrected chi connectivity index (χ0v) is 19.3. The molecule has 0 aliphatic carbocycles. The van der Waals surface area contributed by atoms with Crippen LogP contribution in [0.25, 0.3) is 27.0 Å². The number of rotatable bonds is 5. The van der Waals surface area contributed by atoms with Crippen molar-refractivity contribution in [2.45, 2.75) is 51.6 Å². The van der Waals surface area contributed by atoms with E-state index in [1.165, 1.54) is 11.3 Å².